The second-order valence-corrected chi connectivity index (χ2v) is 9.31. The molecular weight excluding hydrogens is 424 g/mol. The van der Waals surface area contributed by atoms with Crippen molar-refractivity contribution in [3.8, 4) is 27.0 Å². The van der Waals surface area contributed by atoms with E-state index in [1.54, 1.807) is 22.7 Å². The highest BCUT2D eigenvalue weighted by molar-refractivity contribution is 7.13. The Morgan fingerprint density at radius 2 is 2.06 bits per heavy atom. The molecule has 4 aromatic heterocycles. The summed E-state index contributed by atoms with van der Waals surface area (Å²) in [7, 11) is 0. The summed E-state index contributed by atoms with van der Waals surface area (Å²) in [6.07, 6.45) is 3.62. The number of aryl methyl sites for hydroxylation is 1. The maximum absolute atomic E-state index is 13.0. The Morgan fingerprint density at radius 3 is 2.77 bits per heavy atom. The van der Waals surface area contributed by atoms with E-state index in [2.05, 4.69) is 46.2 Å². The smallest absolute Gasteiger partial charge is 0.253 e. The molecule has 0 spiro atoms. The first-order chi connectivity index (χ1) is 15.0. The number of rotatable bonds is 7. The van der Waals surface area contributed by atoms with Crippen LogP contribution in [0.3, 0.4) is 0 Å². The van der Waals surface area contributed by atoms with Crippen molar-refractivity contribution in [1.82, 2.24) is 19.9 Å². The average molecular weight is 451 g/mol. The van der Waals surface area contributed by atoms with E-state index in [9.17, 15) is 4.79 Å². The van der Waals surface area contributed by atoms with E-state index in [-0.39, 0.29) is 11.9 Å². The van der Waals surface area contributed by atoms with E-state index in [1.165, 1.54) is 0 Å². The van der Waals surface area contributed by atoms with Crippen LogP contribution in [-0.4, -0.2) is 26.5 Å². The summed E-state index contributed by atoms with van der Waals surface area (Å²) in [6, 6.07) is 10.3. The summed E-state index contributed by atoms with van der Waals surface area (Å²) in [5.74, 6) is -0.0411. The molecule has 5 nitrogen and oxygen atoms in total. The maximum Gasteiger partial charge on any atom is 0.253 e. The highest BCUT2D eigenvalue weighted by Crippen LogP contribution is 2.34. The van der Waals surface area contributed by atoms with Gasteiger partial charge in [0.1, 0.15) is 5.01 Å². The largest absolute Gasteiger partial charge is 0.350 e. The van der Waals surface area contributed by atoms with Crippen LogP contribution in [0.4, 0.5) is 0 Å². The van der Waals surface area contributed by atoms with Crippen LogP contribution in [0.5, 0.6) is 0 Å². The number of carbonyl (C=O) groups is 1. The minimum absolute atomic E-state index is 0.0411. The Kier molecular flexibility index (Phi) is 6.34. The van der Waals surface area contributed by atoms with E-state index >= 15 is 0 Å². The summed E-state index contributed by atoms with van der Waals surface area (Å²) in [4.78, 5) is 22.3. The van der Waals surface area contributed by atoms with E-state index < -0.39 is 0 Å². The number of thiazole rings is 1. The average Bonchev–Trinajstić information content (AvgIpc) is 3.53. The molecule has 4 rings (SSSR count). The highest BCUT2D eigenvalue weighted by atomic mass is 32.1. The minimum atomic E-state index is -0.0411. The maximum atomic E-state index is 13.0. The van der Waals surface area contributed by atoms with Crippen LogP contribution in [0.2, 0.25) is 0 Å². The summed E-state index contributed by atoms with van der Waals surface area (Å²) < 4.78 is 2.14. The van der Waals surface area contributed by atoms with Gasteiger partial charge in [-0.25, -0.2) is 4.98 Å². The van der Waals surface area contributed by atoms with Gasteiger partial charge in [-0.15, -0.1) is 22.7 Å². The van der Waals surface area contributed by atoms with Crippen LogP contribution >= 0.6 is 22.7 Å². The summed E-state index contributed by atoms with van der Waals surface area (Å²) in [5.41, 5.74) is 5.54. The molecule has 1 unspecified atom stereocenters. The van der Waals surface area contributed by atoms with E-state index in [0.717, 1.165) is 51.2 Å². The number of hydrogen-bond donors (Lipinski definition) is 1. The molecule has 7 heteroatoms. The number of nitrogens with one attached hydrogen (secondary N) is 1. The quantitative estimate of drug-likeness (QED) is 0.369. The van der Waals surface area contributed by atoms with Crippen LogP contribution in [0, 0.1) is 6.92 Å². The topological polar surface area (TPSA) is 59.8 Å². The molecule has 1 N–H and O–H groups in total. The van der Waals surface area contributed by atoms with E-state index in [4.69, 9.17) is 4.98 Å². The molecule has 0 saturated carbocycles. The molecule has 0 aliphatic carbocycles. The third-order valence-electron chi connectivity index (χ3n) is 5.40. The van der Waals surface area contributed by atoms with Gasteiger partial charge in [-0.1, -0.05) is 13.8 Å². The van der Waals surface area contributed by atoms with Crippen molar-refractivity contribution in [2.75, 3.05) is 0 Å². The SMILES string of the molecule is CCc1cc(-c2nc(-c3cc(C(=O)NC(C)CC)c(C)n3-c3cccs3)cs2)ccn1. The van der Waals surface area contributed by atoms with Gasteiger partial charge in [0.25, 0.3) is 5.91 Å². The van der Waals surface area contributed by atoms with Crippen molar-refractivity contribution in [2.24, 2.45) is 0 Å². The zero-order chi connectivity index (χ0) is 22.0. The van der Waals surface area contributed by atoms with Gasteiger partial charge in [-0.05, 0) is 62.4 Å². The van der Waals surface area contributed by atoms with Crippen molar-refractivity contribution in [3.63, 3.8) is 0 Å². The van der Waals surface area contributed by atoms with Gasteiger partial charge in [0.15, 0.2) is 0 Å². The highest BCUT2D eigenvalue weighted by Gasteiger charge is 2.22. The Labute approximate surface area is 190 Å². The fourth-order valence-electron chi connectivity index (χ4n) is 3.44. The first-order valence-electron chi connectivity index (χ1n) is 10.5. The van der Waals surface area contributed by atoms with Crippen LogP contribution in [0.1, 0.15) is 48.9 Å². The zero-order valence-corrected chi connectivity index (χ0v) is 19.8. The molecule has 1 amide bonds. The number of carbonyl (C=O) groups excluding carboxylic acids is 1. The minimum Gasteiger partial charge on any atom is -0.350 e. The van der Waals surface area contributed by atoms with Gasteiger partial charge >= 0.3 is 0 Å². The summed E-state index contributed by atoms with van der Waals surface area (Å²) in [5, 5.41) is 9.23. The first-order valence-corrected chi connectivity index (χ1v) is 12.3. The lowest BCUT2D eigenvalue weighted by Crippen LogP contribution is -2.32. The third kappa shape index (κ3) is 4.34. The standard InChI is InChI=1S/C24H26N4OS2/c1-5-15(3)26-23(29)19-13-21(28(16(19)4)22-8-7-11-30-22)20-14-31-24(27-20)17-9-10-25-18(6-2)12-17/h7-15H,5-6H2,1-4H3,(H,26,29). The van der Waals surface area contributed by atoms with Gasteiger partial charge in [-0.3, -0.25) is 9.78 Å². The van der Waals surface area contributed by atoms with Gasteiger partial charge in [0, 0.05) is 34.6 Å². The fourth-order valence-corrected chi connectivity index (χ4v) is 5.04. The van der Waals surface area contributed by atoms with Crippen molar-refractivity contribution in [3.05, 3.63) is 64.2 Å². The van der Waals surface area contributed by atoms with Crippen LogP contribution in [0.25, 0.3) is 27.0 Å². The van der Waals surface area contributed by atoms with Gasteiger partial charge in [-0.2, -0.15) is 0 Å². The van der Waals surface area contributed by atoms with Gasteiger partial charge < -0.3 is 9.88 Å². The molecule has 0 aromatic carbocycles. The Bertz CT molecular complexity index is 1190. The molecular formula is C24H26N4OS2. The number of amides is 1. The summed E-state index contributed by atoms with van der Waals surface area (Å²) >= 11 is 3.26. The molecule has 160 valence electrons. The zero-order valence-electron chi connectivity index (χ0n) is 18.2. The lowest BCUT2D eigenvalue weighted by molar-refractivity contribution is 0.0938. The lowest BCUT2D eigenvalue weighted by Gasteiger charge is -2.11. The van der Waals surface area contributed by atoms with Crippen molar-refractivity contribution in [2.45, 2.75) is 46.6 Å². The molecule has 0 aliphatic heterocycles. The Morgan fingerprint density at radius 1 is 1.23 bits per heavy atom. The molecule has 0 aliphatic rings. The van der Waals surface area contributed by atoms with Gasteiger partial charge in [0.2, 0.25) is 0 Å². The molecule has 0 saturated heterocycles. The second-order valence-electron chi connectivity index (χ2n) is 7.53. The number of pyridine rings is 1. The van der Waals surface area contributed by atoms with Crippen molar-refractivity contribution < 1.29 is 4.79 Å². The molecule has 0 radical (unpaired) electrons. The number of thiophene rings is 1. The number of nitrogens with zero attached hydrogens (tertiary/aromatic N) is 3. The Hall–Kier alpha value is -2.77. The molecule has 1 atom stereocenters. The molecule has 0 bridgehead atoms. The van der Waals surface area contributed by atoms with Crippen LogP contribution in [-0.2, 0) is 6.42 Å². The lowest BCUT2D eigenvalue weighted by atomic mass is 10.2. The van der Waals surface area contributed by atoms with Crippen molar-refractivity contribution >= 4 is 28.6 Å². The fraction of sp³-hybridized carbons (Fsp3) is 0.292. The second kappa shape index (κ2) is 9.16. The predicted molar refractivity (Wildman–Crippen MR) is 129 cm³/mol. The van der Waals surface area contributed by atoms with Gasteiger partial charge in [0.05, 0.1) is 22.0 Å². The molecule has 31 heavy (non-hydrogen) atoms. The van der Waals surface area contributed by atoms with E-state index in [0.29, 0.717) is 5.56 Å². The first kappa shape index (κ1) is 21.5. The summed E-state index contributed by atoms with van der Waals surface area (Å²) in [6.45, 7) is 8.19. The number of aromatic nitrogens is 3. The monoisotopic (exact) mass is 450 g/mol. The number of hydrogen-bond acceptors (Lipinski definition) is 5. The van der Waals surface area contributed by atoms with Crippen LogP contribution in [0.15, 0.2) is 47.3 Å². The normalized spacial score (nSPS) is 12.1. The predicted octanol–water partition coefficient (Wildman–Crippen LogP) is 6.12. The van der Waals surface area contributed by atoms with Crippen molar-refractivity contribution in [1.29, 1.82) is 0 Å². The molecule has 0 fully saturated rings. The Balaban J connectivity index is 1.78. The van der Waals surface area contributed by atoms with Crippen LogP contribution < -0.4 is 5.32 Å². The molecule has 4 aromatic rings. The third-order valence-corrected chi connectivity index (χ3v) is 7.15. The van der Waals surface area contributed by atoms with E-state index in [1.807, 2.05) is 43.6 Å². The molecule has 4 heterocycles.